The van der Waals surface area contributed by atoms with Crippen molar-refractivity contribution in [2.75, 3.05) is 0 Å². The van der Waals surface area contributed by atoms with Crippen molar-refractivity contribution in [3.05, 3.63) is 69.7 Å². The standard InChI is InChI=1S/C16H15ClO2/c1-10-3-8-14(11(2)9-10)15(16(18)19)12-4-6-13(17)7-5-12/h3-9,15H,1-2H3,(H,18,19). The number of benzene rings is 2. The summed E-state index contributed by atoms with van der Waals surface area (Å²) in [6, 6.07) is 12.8. The van der Waals surface area contributed by atoms with E-state index in [4.69, 9.17) is 11.6 Å². The molecule has 2 aromatic carbocycles. The summed E-state index contributed by atoms with van der Waals surface area (Å²) in [6.45, 7) is 3.93. The highest BCUT2D eigenvalue weighted by atomic mass is 35.5. The highest BCUT2D eigenvalue weighted by Gasteiger charge is 2.23. The van der Waals surface area contributed by atoms with Gasteiger partial charge in [-0.05, 0) is 42.7 Å². The highest BCUT2D eigenvalue weighted by Crippen LogP contribution is 2.29. The van der Waals surface area contributed by atoms with Crippen LogP contribution in [0.15, 0.2) is 42.5 Å². The minimum atomic E-state index is -0.853. The molecule has 3 heteroatoms. The molecular formula is C16H15ClO2. The molecule has 1 atom stereocenters. The fourth-order valence-corrected chi connectivity index (χ4v) is 2.39. The molecule has 0 aliphatic carbocycles. The second kappa shape index (κ2) is 5.45. The summed E-state index contributed by atoms with van der Waals surface area (Å²) in [5.41, 5.74) is 3.67. The molecule has 0 amide bonds. The predicted molar refractivity (Wildman–Crippen MR) is 76.8 cm³/mol. The fourth-order valence-electron chi connectivity index (χ4n) is 2.26. The number of aliphatic carboxylic acids is 1. The number of rotatable bonds is 3. The van der Waals surface area contributed by atoms with Crippen LogP contribution in [0.3, 0.4) is 0 Å². The van der Waals surface area contributed by atoms with E-state index in [1.807, 2.05) is 32.0 Å². The third-order valence-electron chi connectivity index (χ3n) is 3.19. The maximum absolute atomic E-state index is 11.6. The van der Waals surface area contributed by atoms with Crippen LogP contribution >= 0.6 is 11.6 Å². The molecule has 2 nitrogen and oxygen atoms in total. The van der Waals surface area contributed by atoms with Gasteiger partial charge in [0.2, 0.25) is 0 Å². The van der Waals surface area contributed by atoms with Crippen molar-refractivity contribution in [2.45, 2.75) is 19.8 Å². The number of carboxylic acids is 1. The topological polar surface area (TPSA) is 37.3 Å². The van der Waals surface area contributed by atoms with Gasteiger partial charge in [0.25, 0.3) is 0 Å². The molecule has 0 aromatic heterocycles. The van der Waals surface area contributed by atoms with Crippen molar-refractivity contribution in [1.82, 2.24) is 0 Å². The summed E-state index contributed by atoms with van der Waals surface area (Å²) in [7, 11) is 0. The van der Waals surface area contributed by atoms with Crippen LogP contribution in [-0.4, -0.2) is 11.1 Å². The van der Waals surface area contributed by atoms with Crippen molar-refractivity contribution in [2.24, 2.45) is 0 Å². The second-order valence-corrected chi connectivity index (χ2v) is 5.12. The van der Waals surface area contributed by atoms with Gasteiger partial charge in [0, 0.05) is 5.02 Å². The molecule has 0 bridgehead atoms. The number of halogens is 1. The Kier molecular flexibility index (Phi) is 3.91. The van der Waals surface area contributed by atoms with E-state index in [9.17, 15) is 9.90 Å². The molecule has 19 heavy (non-hydrogen) atoms. The Balaban J connectivity index is 2.51. The van der Waals surface area contributed by atoms with Crippen LogP contribution in [0, 0.1) is 13.8 Å². The van der Waals surface area contributed by atoms with E-state index < -0.39 is 11.9 Å². The van der Waals surface area contributed by atoms with Crippen molar-refractivity contribution in [3.63, 3.8) is 0 Å². The van der Waals surface area contributed by atoms with Crippen molar-refractivity contribution in [1.29, 1.82) is 0 Å². The first-order chi connectivity index (χ1) is 8.99. The largest absolute Gasteiger partial charge is 0.481 e. The molecule has 98 valence electrons. The third kappa shape index (κ3) is 2.96. The summed E-state index contributed by atoms with van der Waals surface area (Å²) in [4.78, 5) is 11.6. The fraction of sp³-hybridized carbons (Fsp3) is 0.188. The maximum Gasteiger partial charge on any atom is 0.315 e. The van der Waals surface area contributed by atoms with Crippen LogP contribution in [-0.2, 0) is 4.79 Å². The molecule has 0 radical (unpaired) electrons. The molecule has 0 aliphatic heterocycles. The summed E-state index contributed by atoms with van der Waals surface area (Å²) < 4.78 is 0. The van der Waals surface area contributed by atoms with Crippen LogP contribution < -0.4 is 0 Å². The number of hydrogen-bond donors (Lipinski definition) is 1. The van der Waals surface area contributed by atoms with Gasteiger partial charge in [-0.1, -0.05) is 47.5 Å². The lowest BCUT2D eigenvalue weighted by atomic mass is 9.88. The minimum Gasteiger partial charge on any atom is -0.481 e. The van der Waals surface area contributed by atoms with Crippen LogP contribution in [0.25, 0.3) is 0 Å². The van der Waals surface area contributed by atoms with Crippen LogP contribution in [0.1, 0.15) is 28.2 Å². The van der Waals surface area contributed by atoms with Crippen LogP contribution in [0.4, 0.5) is 0 Å². The lowest BCUT2D eigenvalue weighted by Crippen LogP contribution is -2.14. The molecule has 0 fully saturated rings. The summed E-state index contributed by atoms with van der Waals surface area (Å²) in [5.74, 6) is -1.51. The zero-order valence-electron chi connectivity index (χ0n) is 10.9. The van der Waals surface area contributed by atoms with Gasteiger partial charge < -0.3 is 5.11 Å². The zero-order valence-corrected chi connectivity index (χ0v) is 11.6. The van der Waals surface area contributed by atoms with Gasteiger partial charge in [-0.3, -0.25) is 4.79 Å². The van der Waals surface area contributed by atoms with Gasteiger partial charge in [-0.15, -0.1) is 0 Å². The highest BCUT2D eigenvalue weighted by molar-refractivity contribution is 6.30. The summed E-state index contributed by atoms with van der Waals surface area (Å²) >= 11 is 5.85. The molecule has 2 rings (SSSR count). The van der Waals surface area contributed by atoms with Gasteiger partial charge >= 0.3 is 5.97 Å². The number of hydrogen-bond acceptors (Lipinski definition) is 1. The number of carbonyl (C=O) groups is 1. The molecule has 0 saturated carbocycles. The van der Waals surface area contributed by atoms with E-state index in [-0.39, 0.29) is 0 Å². The Labute approximate surface area is 117 Å². The van der Waals surface area contributed by atoms with Gasteiger partial charge in [0.1, 0.15) is 5.92 Å². The van der Waals surface area contributed by atoms with Crippen LogP contribution in [0.5, 0.6) is 0 Å². The average molecular weight is 275 g/mol. The molecule has 0 spiro atoms. The molecule has 2 aromatic rings. The van der Waals surface area contributed by atoms with Crippen molar-refractivity contribution >= 4 is 17.6 Å². The van der Waals surface area contributed by atoms with Gasteiger partial charge in [0.15, 0.2) is 0 Å². The van der Waals surface area contributed by atoms with Gasteiger partial charge in [-0.2, -0.15) is 0 Å². The van der Waals surface area contributed by atoms with Crippen LogP contribution in [0.2, 0.25) is 5.02 Å². The maximum atomic E-state index is 11.6. The lowest BCUT2D eigenvalue weighted by molar-refractivity contribution is -0.137. The first-order valence-corrected chi connectivity index (χ1v) is 6.42. The first kappa shape index (κ1) is 13.6. The molecule has 0 heterocycles. The Morgan fingerprint density at radius 2 is 1.74 bits per heavy atom. The van der Waals surface area contributed by atoms with Gasteiger partial charge in [-0.25, -0.2) is 0 Å². The Morgan fingerprint density at radius 3 is 2.26 bits per heavy atom. The van der Waals surface area contributed by atoms with E-state index >= 15 is 0 Å². The number of carboxylic acid groups (broad SMARTS) is 1. The molecule has 1 N–H and O–H groups in total. The summed E-state index contributed by atoms with van der Waals surface area (Å²) in [6.07, 6.45) is 0. The van der Waals surface area contributed by atoms with E-state index in [1.54, 1.807) is 24.3 Å². The summed E-state index contributed by atoms with van der Waals surface area (Å²) in [5, 5.41) is 10.1. The normalized spacial score (nSPS) is 12.2. The van der Waals surface area contributed by atoms with E-state index in [2.05, 4.69) is 0 Å². The molecule has 0 saturated heterocycles. The predicted octanol–water partition coefficient (Wildman–Crippen LogP) is 4.17. The lowest BCUT2D eigenvalue weighted by Gasteiger charge is -2.16. The Bertz CT molecular complexity index is 603. The third-order valence-corrected chi connectivity index (χ3v) is 3.44. The van der Waals surface area contributed by atoms with E-state index in [1.165, 1.54) is 0 Å². The quantitative estimate of drug-likeness (QED) is 0.912. The van der Waals surface area contributed by atoms with Crippen molar-refractivity contribution in [3.8, 4) is 0 Å². The monoisotopic (exact) mass is 274 g/mol. The van der Waals surface area contributed by atoms with E-state index in [0.29, 0.717) is 5.02 Å². The molecule has 0 aliphatic rings. The van der Waals surface area contributed by atoms with Gasteiger partial charge in [0.05, 0.1) is 0 Å². The molecule has 1 unspecified atom stereocenters. The molecular weight excluding hydrogens is 260 g/mol. The first-order valence-electron chi connectivity index (χ1n) is 6.04. The average Bonchev–Trinajstić information content (AvgIpc) is 2.34. The second-order valence-electron chi connectivity index (χ2n) is 4.68. The van der Waals surface area contributed by atoms with Crippen molar-refractivity contribution < 1.29 is 9.90 Å². The van der Waals surface area contributed by atoms with E-state index in [0.717, 1.165) is 22.3 Å². The Hall–Kier alpha value is -1.80. The zero-order chi connectivity index (χ0) is 14.0. The minimum absolute atomic E-state index is 0.605. The Morgan fingerprint density at radius 1 is 1.11 bits per heavy atom. The smallest absolute Gasteiger partial charge is 0.315 e. The number of aryl methyl sites for hydroxylation is 2. The SMILES string of the molecule is Cc1ccc(C(C(=O)O)c2ccc(Cl)cc2)c(C)c1.